The van der Waals surface area contributed by atoms with Gasteiger partial charge < -0.3 is 20.1 Å². The van der Waals surface area contributed by atoms with E-state index >= 15 is 0 Å². The topological polar surface area (TPSA) is 61.8 Å². The number of benzene rings is 1. The summed E-state index contributed by atoms with van der Waals surface area (Å²) in [7, 11) is 2.05. The van der Waals surface area contributed by atoms with Gasteiger partial charge in [-0.15, -0.1) is 0 Å². The molecule has 5 nitrogen and oxygen atoms in total. The Labute approximate surface area is 120 Å². The summed E-state index contributed by atoms with van der Waals surface area (Å²) in [5.74, 6) is -0.939. The highest BCUT2D eigenvalue weighted by Crippen LogP contribution is 2.21. The Kier molecular flexibility index (Phi) is 4.79. The van der Waals surface area contributed by atoms with Crippen molar-refractivity contribution >= 4 is 27.6 Å². The number of anilines is 1. The number of nitrogens with zero attached hydrogens (tertiary/aromatic N) is 1. The van der Waals surface area contributed by atoms with Gasteiger partial charge in [0.05, 0.1) is 18.3 Å². The van der Waals surface area contributed by atoms with Crippen LogP contribution in [0, 0.1) is 0 Å². The van der Waals surface area contributed by atoms with Crippen LogP contribution in [0.1, 0.15) is 10.4 Å². The summed E-state index contributed by atoms with van der Waals surface area (Å²) in [6.07, 6.45) is 0.0871. The quantitative estimate of drug-likeness (QED) is 0.883. The summed E-state index contributed by atoms with van der Waals surface area (Å²) in [4.78, 5) is 13.4. The largest absolute Gasteiger partial charge is 0.478 e. The molecule has 1 aliphatic rings. The zero-order chi connectivity index (χ0) is 13.8. The van der Waals surface area contributed by atoms with E-state index in [0.29, 0.717) is 12.2 Å². The summed E-state index contributed by atoms with van der Waals surface area (Å²) in [6.45, 7) is 3.11. The summed E-state index contributed by atoms with van der Waals surface area (Å²) < 4.78 is 6.39. The molecule has 1 heterocycles. The lowest BCUT2D eigenvalue weighted by Gasteiger charge is -2.30. The van der Waals surface area contributed by atoms with Gasteiger partial charge in [0, 0.05) is 29.8 Å². The van der Waals surface area contributed by atoms with E-state index in [0.717, 1.165) is 24.2 Å². The second kappa shape index (κ2) is 6.36. The van der Waals surface area contributed by atoms with Crippen molar-refractivity contribution in [3.8, 4) is 0 Å². The Balaban J connectivity index is 2.01. The molecule has 0 aromatic heterocycles. The molecule has 2 rings (SSSR count). The normalized spacial score (nSPS) is 20.2. The average Bonchev–Trinajstić information content (AvgIpc) is 2.37. The number of carboxylic acid groups (broad SMARTS) is 1. The lowest BCUT2D eigenvalue weighted by molar-refractivity contribution is -0.0117. The van der Waals surface area contributed by atoms with E-state index < -0.39 is 5.97 Å². The average molecular weight is 329 g/mol. The fraction of sp³-hybridized carbons (Fsp3) is 0.462. The molecule has 0 saturated carbocycles. The Morgan fingerprint density at radius 3 is 3.11 bits per heavy atom. The number of likely N-dealkylation sites (N-methyl/N-ethyl adjacent to an activating group) is 1. The van der Waals surface area contributed by atoms with Gasteiger partial charge in [0.1, 0.15) is 0 Å². The highest BCUT2D eigenvalue weighted by atomic mass is 79.9. The van der Waals surface area contributed by atoms with Crippen LogP contribution in [0.25, 0.3) is 0 Å². The van der Waals surface area contributed by atoms with Crippen LogP contribution in [0.3, 0.4) is 0 Å². The van der Waals surface area contributed by atoms with Gasteiger partial charge in [0.15, 0.2) is 0 Å². The van der Waals surface area contributed by atoms with Crippen molar-refractivity contribution in [3.05, 3.63) is 28.2 Å². The van der Waals surface area contributed by atoms with Gasteiger partial charge in [-0.3, -0.25) is 0 Å². The number of ether oxygens (including phenoxy) is 1. The van der Waals surface area contributed by atoms with Crippen LogP contribution in [0.5, 0.6) is 0 Å². The number of rotatable bonds is 4. The predicted molar refractivity (Wildman–Crippen MR) is 76.8 cm³/mol. The molecule has 1 saturated heterocycles. The number of morpholine rings is 1. The highest BCUT2D eigenvalue weighted by Gasteiger charge is 2.18. The molecule has 0 amide bonds. The molecular formula is C13H17BrN2O3. The molecule has 0 radical (unpaired) electrons. The lowest BCUT2D eigenvalue weighted by Crippen LogP contribution is -2.43. The SMILES string of the molecule is CN1CCOC(CNc2ccc(Br)cc2C(=O)O)C1. The van der Waals surface area contributed by atoms with E-state index in [1.54, 1.807) is 12.1 Å². The van der Waals surface area contributed by atoms with Crippen molar-refractivity contribution in [2.45, 2.75) is 6.10 Å². The maximum absolute atomic E-state index is 11.2. The molecule has 1 aromatic rings. The van der Waals surface area contributed by atoms with Gasteiger partial charge in [0.25, 0.3) is 0 Å². The van der Waals surface area contributed by atoms with Crippen molar-refractivity contribution in [3.63, 3.8) is 0 Å². The lowest BCUT2D eigenvalue weighted by atomic mass is 10.1. The molecule has 0 spiro atoms. The maximum Gasteiger partial charge on any atom is 0.337 e. The van der Waals surface area contributed by atoms with Gasteiger partial charge in [-0.1, -0.05) is 15.9 Å². The van der Waals surface area contributed by atoms with E-state index in [9.17, 15) is 4.79 Å². The van der Waals surface area contributed by atoms with Crippen LogP contribution >= 0.6 is 15.9 Å². The third-order valence-corrected chi connectivity index (χ3v) is 3.57. The Hall–Kier alpha value is -1.11. The smallest absolute Gasteiger partial charge is 0.337 e. The van der Waals surface area contributed by atoms with Crippen molar-refractivity contribution in [2.75, 3.05) is 38.6 Å². The van der Waals surface area contributed by atoms with Crippen LogP contribution in [0.15, 0.2) is 22.7 Å². The summed E-state index contributed by atoms with van der Waals surface area (Å²) in [6, 6.07) is 5.18. The van der Waals surface area contributed by atoms with Crippen LogP contribution < -0.4 is 5.32 Å². The van der Waals surface area contributed by atoms with Crippen LogP contribution in [0.2, 0.25) is 0 Å². The van der Waals surface area contributed by atoms with Crippen molar-refractivity contribution in [1.82, 2.24) is 4.90 Å². The third kappa shape index (κ3) is 3.92. The Morgan fingerprint density at radius 1 is 1.63 bits per heavy atom. The minimum atomic E-state index is -0.939. The van der Waals surface area contributed by atoms with Crippen molar-refractivity contribution in [2.24, 2.45) is 0 Å². The number of carbonyl (C=O) groups is 1. The number of carboxylic acids is 1. The monoisotopic (exact) mass is 328 g/mol. The molecule has 1 aliphatic heterocycles. The Bertz CT molecular complexity index is 467. The zero-order valence-electron chi connectivity index (χ0n) is 10.7. The van der Waals surface area contributed by atoms with Crippen LogP contribution in [0.4, 0.5) is 5.69 Å². The molecule has 1 aromatic carbocycles. The van der Waals surface area contributed by atoms with Crippen molar-refractivity contribution < 1.29 is 14.6 Å². The van der Waals surface area contributed by atoms with Gasteiger partial charge in [0.2, 0.25) is 0 Å². The summed E-state index contributed by atoms with van der Waals surface area (Å²) in [5, 5.41) is 12.3. The maximum atomic E-state index is 11.2. The molecule has 19 heavy (non-hydrogen) atoms. The standard InChI is InChI=1S/C13H17BrN2O3/c1-16-4-5-19-10(8-16)7-15-12-3-2-9(14)6-11(12)13(17)18/h2-3,6,10,15H,4-5,7-8H2,1H3,(H,17,18). The van der Waals surface area contributed by atoms with Gasteiger partial charge >= 0.3 is 5.97 Å². The summed E-state index contributed by atoms with van der Waals surface area (Å²) >= 11 is 3.28. The van der Waals surface area contributed by atoms with Gasteiger partial charge in [-0.2, -0.15) is 0 Å². The summed E-state index contributed by atoms with van der Waals surface area (Å²) in [5.41, 5.74) is 0.881. The third-order valence-electron chi connectivity index (χ3n) is 3.07. The first-order valence-corrected chi connectivity index (χ1v) is 6.92. The molecule has 6 heteroatoms. The molecular weight excluding hydrogens is 312 g/mol. The van der Waals surface area contributed by atoms with Crippen molar-refractivity contribution in [1.29, 1.82) is 0 Å². The first-order valence-electron chi connectivity index (χ1n) is 6.13. The number of halogens is 1. The predicted octanol–water partition coefficient (Wildman–Crippen LogP) is 1.89. The molecule has 104 valence electrons. The van der Waals surface area contributed by atoms with E-state index in [4.69, 9.17) is 9.84 Å². The zero-order valence-corrected chi connectivity index (χ0v) is 12.3. The molecule has 2 N–H and O–H groups in total. The fourth-order valence-corrected chi connectivity index (χ4v) is 2.42. The molecule has 0 bridgehead atoms. The van der Waals surface area contributed by atoms with Gasteiger partial charge in [-0.25, -0.2) is 4.79 Å². The number of nitrogens with one attached hydrogen (secondary N) is 1. The van der Waals surface area contributed by atoms with E-state index in [1.807, 2.05) is 6.07 Å². The number of aromatic carboxylic acids is 1. The fourth-order valence-electron chi connectivity index (χ4n) is 2.06. The number of hydrogen-bond acceptors (Lipinski definition) is 4. The molecule has 0 aliphatic carbocycles. The van der Waals surface area contributed by atoms with Crippen LogP contribution in [-0.4, -0.2) is 55.4 Å². The first-order chi connectivity index (χ1) is 9.06. The molecule has 1 atom stereocenters. The number of hydrogen-bond donors (Lipinski definition) is 2. The second-order valence-electron chi connectivity index (χ2n) is 4.63. The molecule has 1 unspecified atom stereocenters. The van der Waals surface area contributed by atoms with E-state index in [1.165, 1.54) is 0 Å². The second-order valence-corrected chi connectivity index (χ2v) is 5.55. The molecule has 1 fully saturated rings. The Morgan fingerprint density at radius 2 is 2.42 bits per heavy atom. The van der Waals surface area contributed by atoms with E-state index in [-0.39, 0.29) is 11.7 Å². The minimum Gasteiger partial charge on any atom is -0.478 e. The van der Waals surface area contributed by atoms with Gasteiger partial charge in [-0.05, 0) is 25.2 Å². The minimum absolute atomic E-state index is 0.0871. The first kappa shape index (κ1) is 14.3. The van der Waals surface area contributed by atoms with E-state index in [2.05, 4.69) is 33.2 Å². The van der Waals surface area contributed by atoms with Crippen LogP contribution in [-0.2, 0) is 4.74 Å². The highest BCUT2D eigenvalue weighted by molar-refractivity contribution is 9.10.